The third-order valence-corrected chi connectivity index (χ3v) is 5.81. The molecule has 0 bridgehead atoms. The first kappa shape index (κ1) is 19.1. The van der Waals surface area contributed by atoms with Crippen LogP contribution in [0, 0.1) is 22.0 Å². The lowest BCUT2D eigenvalue weighted by atomic mass is 9.85. The van der Waals surface area contributed by atoms with E-state index < -0.39 is 22.8 Å². The number of rotatable bonds is 4. The third kappa shape index (κ3) is 3.48. The van der Waals surface area contributed by atoms with Gasteiger partial charge in [0.1, 0.15) is 11.7 Å². The second-order valence-electron chi connectivity index (χ2n) is 7.61. The summed E-state index contributed by atoms with van der Waals surface area (Å²) in [4.78, 5) is 49.8. The van der Waals surface area contributed by atoms with Crippen molar-refractivity contribution in [2.45, 2.75) is 38.1 Å². The van der Waals surface area contributed by atoms with Gasteiger partial charge in [-0.25, -0.2) is 4.90 Å². The lowest BCUT2D eigenvalue weighted by Gasteiger charge is -2.19. The Morgan fingerprint density at radius 3 is 2.41 bits per heavy atom. The summed E-state index contributed by atoms with van der Waals surface area (Å²) in [6.07, 6.45) is 7.06. The van der Waals surface area contributed by atoms with E-state index in [1.807, 2.05) is 12.2 Å². The fourth-order valence-corrected chi connectivity index (χ4v) is 4.25. The summed E-state index contributed by atoms with van der Waals surface area (Å²) in [7, 11) is 0. The molecule has 2 heterocycles. The monoisotopic (exact) mass is 398 g/mol. The number of amides is 3. The predicted molar refractivity (Wildman–Crippen MR) is 105 cm³/mol. The van der Waals surface area contributed by atoms with Crippen LogP contribution < -0.4 is 15.5 Å². The fourth-order valence-electron chi connectivity index (χ4n) is 4.25. The van der Waals surface area contributed by atoms with E-state index in [0.29, 0.717) is 25.8 Å². The second kappa shape index (κ2) is 7.65. The summed E-state index contributed by atoms with van der Waals surface area (Å²) in [5, 5.41) is 17.4. The van der Waals surface area contributed by atoms with Gasteiger partial charge >= 0.3 is 0 Å². The van der Waals surface area contributed by atoms with Crippen molar-refractivity contribution < 1.29 is 19.3 Å². The molecule has 0 saturated carbocycles. The predicted octanol–water partition coefficient (Wildman–Crippen LogP) is 2.13. The first-order chi connectivity index (χ1) is 14.0. The van der Waals surface area contributed by atoms with Crippen LogP contribution in [0.25, 0.3) is 0 Å². The van der Waals surface area contributed by atoms with E-state index in [9.17, 15) is 24.5 Å². The molecule has 3 aliphatic rings. The number of allylic oxidation sites excluding steroid dienone is 2. The van der Waals surface area contributed by atoms with Gasteiger partial charge in [0.2, 0.25) is 17.7 Å². The lowest BCUT2D eigenvalue weighted by Crippen LogP contribution is -2.38. The number of hydrogen-bond donors (Lipinski definition) is 2. The zero-order valence-corrected chi connectivity index (χ0v) is 15.8. The summed E-state index contributed by atoms with van der Waals surface area (Å²) >= 11 is 0. The number of nitrogens with zero attached hydrogens (tertiary/aromatic N) is 2. The first-order valence-electron chi connectivity index (χ1n) is 9.83. The Balaban J connectivity index is 1.63. The number of hydrogen-bond acceptors (Lipinski definition) is 6. The molecule has 29 heavy (non-hydrogen) atoms. The van der Waals surface area contributed by atoms with E-state index in [0.717, 1.165) is 17.7 Å². The maximum Gasteiger partial charge on any atom is 0.294 e. The van der Waals surface area contributed by atoms with E-state index in [4.69, 9.17) is 0 Å². The molecule has 1 aromatic carbocycles. The highest BCUT2D eigenvalue weighted by Gasteiger charge is 2.48. The molecule has 1 aliphatic carbocycles. The number of anilines is 2. The van der Waals surface area contributed by atoms with Gasteiger partial charge in [-0.2, -0.15) is 0 Å². The molecular formula is C20H22N4O5. The van der Waals surface area contributed by atoms with Crippen molar-refractivity contribution in [2.24, 2.45) is 11.8 Å². The molecule has 152 valence electrons. The van der Waals surface area contributed by atoms with Gasteiger partial charge in [-0.15, -0.1) is 0 Å². The lowest BCUT2D eigenvalue weighted by molar-refractivity contribution is -0.383. The number of fused-ring (bicyclic) bond motifs is 1. The van der Waals surface area contributed by atoms with Crippen LogP contribution in [0.1, 0.15) is 32.1 Å². The van der Waals surface area contributed by atoms with Gasteiger partial charge in [0, 0.05) is 12.6 Å². The van der Waals surface area contributed by atoms with Crippen LogP contribution in [0.15, 0.2) is 30.4 Å². The highest BCUT2D eigenvalue weighted by molar-refractivity contribution is 6.22. The van der Waals surface area contributed by atoms with Crippen LogP contribution in [-0.2, 0) is 14.4 Å². The number of nitro groups is 1. The van der Waals surface area contributed by atoms with E-state index in [2.05, 4.69) is 10.6 Å². The van der Waals surface area contributed by atoms with Gasteiger partial charge in [0.25, 0.3) is 5.69 Å². The van der Waals surface area contributed by atoms with Gasteiger partial charge in [-0.1, -0.05) is 12.2 Å². The largest absolute Gasteiger partial charge is 0.368 e. The molecule has 1 aromatic rings. The Hall–Kier alpha value is -3.23. The van der Waals surface area contributed by atoms with Crippen molar-refractivity contribution in [1.29, 1.82) is 0 Å². The zero-order valence-electron chi connectivity index (χ0n) is 15.8. The van der Waals surface area contributed by atoms with Crippen LogP contribution in [0.4, 0.5) is 17.1 Å². The van der Waals surface area contributed by atoms with Crippen molar-refractivity contribution >= 4 is 34.8 Å². The molecular weight excluding hydrogens is 376 g/mol. The molecule has 2 fully saturated rings. The molecule has 0 aromatic heterocycles. The Bertz CT molecular complexity index is 886. The molecule has 2 N–H and O–H groups in total. The third-order valence-electron chi connectivity index (χ3n) is 5.81. The molecule has 9 heteroatoms. The van der Waals surface area contributed by atoms with Crippen LogP contribution >= 0.6 is 0 Å². The summed E-state index contributed by atoms with van der Waals surface area (Å²) < 4.78 is 0. The van der Waals surface area contributed by atoms with Crippen LogP contribution in [0.2, 0.25) is 0 Å². The van der Waals surface area contributed by atoms with E-state index in [1.54, 1.807) is 0 Å². The normalized spacial score (nSPS) is 26.7. The molecule has 2 saturated heterocycles. The SMILES string of the molecule is O=C1NCCCCC1Nc1ccc(N2C(=O)C3CC=CCC3C2=O)cc1[N+](=O)[O-]. The molecule has 9 nitrogen and oxygen atoms in total. The zero-order chi connectivity index (χ0) is 20.5. The number of carbonyl (C=O) groups is 3. The maximum absolute atomic E-state index is 12.7. The van der Waals surface area contributed by atoms with Crippen molar-refractivity contribution in [2.75, 3.05) is 16.8 Å². The number of nitro benzene ring substituents is 1. The smallest absolute Gasteiger partial charge is 0.294 e. The number of imide groups is 1. The van der Waals surface area contributed by atoms with Crippen LogP contribution in [-0.4, -0.2) is 35.2 Å². The minimum Gasteiger partial charge on any atom is -0.368 e. The molecule has 3 amide bonds. The topological polar surface area (TPSA) is 122 Å². The van der Waals surface area contributed by atoms with Gasteiger partial charge in [-0.05, 0) is 44.2 Å². The molecule has 3 atom stereocenters. The minimum absolute atomic E-state index is 0.192. The number of benzene rings is 1. The highest BCUT2D eigenvalue weighted by Crippen LogP contribution is 2.39. The van der Waals surface area contributed by atoms with E-state index in [-0.39, 0.29) is 34.8 Å². The van der Waals surface area contributed by atoms with E-state index >= 15 is 0 Å². The molecule has 0 radical (unpaired) electrons. The Morgan fingerprint density at radius 2 is 1.76 bits per heavy atom. The standard InChI is InChI=1S/C20H22N4O5/c25-18-16(7-3-4-10-21-18)22-15-9-8-12(11-17(15)24(28)29)23-19(26)13-5-1-2-6-14(13)20(23)27/h1-2,8-9,11,13-14,16,22H,3-7,10H2,(H,21,25). The summed E-state index contributed by atoms with van der Waals surface area (Å²) in [6, 6.07) is 3.65. The Kier molecular flexibility index (Phi) is 5.04. The highest BCUT2D eigenvalue weighted by atomic mass is 16.6. The second-order valence-corrected chi connectivity index (χ2v) is 7.61. The Labute approximate surface area is 167 Å². The van der Waals surface area contributed by atoms with Gasteiger partial charge in [-0.3, -0.25) is 24.5 Å². The number of nitrogens with one attached hydrogen (secondary N) is 2. The van der Waals surface area contributed by atoms with Crippen molar-refractivity contribution in [3.8, 4) is 0 Å². The fraction of sp³-hybridized carbons (Fsp3) is 0.450. The minimum atomic E-state index is -0.569. The van der Waals surface area contributed by atoms with Crippen LogP contribution in [0.5, 0.6) is 0 Å². The Morgan fingerprint density at radius 1 is 1.07 bits per heavy atom. The number of carbonyl (C=O) groups excluding carboxylic acids is 3. The molecule has 2 aliphatic heterocycles. The van der Waals surface area contributed by atoms with E-state index in [1.165, 1.54) is 18.2 Å². The van der Waals surface area contributed by atoms with Crippen LogP contribution in [0.3, 0.4) is 0 Å². The summed E-state index contributed by atoms with van der Waals surface area (Å²) in [5.41, 5.74) is 0.115. The molecule has 0 spiro atoms. The van der Waals surface area contributed by atoms with Crippen molar-refractivity contribution in [1.82, 2.24) is 5.32 Å². The average molecular weight is 398 g/mol. The van der Waals surface area contributed by atoms with Crippen molar-refractivity contribution in [3.63, 3.8) is 0 Å². The van der Waals surface area contributed by atoms with Crippen molar-refractivity contribution in [3.05, 3.63) is 40.5 Å². The summed E-state index contributed by atoms with van der Waals surface area (Å²) in [5.74, 6) is -1.63. The van der Waals surface area contributed by atoms with Gasteiger partial charge < -0.3 is 10.6 Å². The molecule has 4 rings (SSSR count). The maximum atomic E-state index is 12.7. The van der Waals surface area contributed by atoms with Gasteiger partial charge in [0.05, 0.1) is 22.4 Å². The summed E-state index contributed by atoms with van der Waals surface area (Å²) in [6.45, 7) is 0.592. The average Bonchev–Trinajstić information content (AvgIpc) is 2.83. The molecule has 3 unspecified atom stereocenters. The quantitative estimate of drug-likeness (QED) is 0.347. The van der Waals surface area contributed by atoms with Gasteiger partial charge in [0.15, 0.2) is 0 Å². The first-order valence-corrected chi connectivity index (χ1v) is 9.83.